The van der Waals surface area contributed by atoms with Crippen LogP contribution in [0.2, 0.25) is 0 Å². The summed E-state index contributed by atoms with van der Waals surface area (Å²) in [6.07, 6.45) is 5.07. The molecule has 1 aromatic heterocycles. The molecule has 0 saturated heterocycles. The number of aryl methyl sites for hydroxylation is 1. The van der Waals surface area contributed by atoms with Gasteiger partial charge in [0.25, 0.3) is 0 Å². The predicted molar refractivity (Wildman–Crippen MR) is 119 cm³/mol. The Labute approximate surface area is 209 Å². The molecule has 0 spiro atoms. The van der Waals surface area contributed by atoms with Crippen molar-refractivity contribution in [1.82, 2.24) is 4.57 Å². The molecule has 2 aromatic carbocycles. The first-order valence-corrected chi connectivity index (χ1v) is 10.8. The quantitative estimate of drug-likeness (QED) is 0.551. The molecule has 1 aliphatic carbocycles. The van der Waals surface area contributed by atoms with Crippen LogP contribution in [0.15, 0.2) is 59.1 Å². The largest absolute Gasteiger partial charge is 1.00 e. The van der Waals surface area contributed by atoms with Crippen molar-refractivity contribution in [3.05, 3.63) is 70.3 Å². The summed E-state index contributed by atoms with van der Waals surface area (Å²) in [5.74, 6) is 0.558. The molecule has 152 valence electrons. The van der Waals surface area contributed by atoms with Gasteiger partial charge >= 0.3 is 35.5 Å². The maximum absolute atomic E-state index is 11.4. The average molecular weight is 478 g/mol. The normalized spacial score (nSPS) is 13.8. The van der Waals surface area contributed by atoms with Crippen LogP contribution < -0.4 is 34.3 Å². The zero-order valence-corrected chi connectivity index (χ0v) is 21.0. The van der Waals surface area contributed by atoms with E-state index in [1.807, 2.05) is 31.2 Å². The number of halogens is 1. The minimum absolute atomic E-state index is 0. The Morgan fingerprint density at radius 2 is 1.93 bits per heavy atom. The fourth-order valence-electron chi connectivity index (χ4n) is 4.08. The van der Waals surface area contributed by atoms with Crippen molar-refractivity contribution >= 4 is 21.9 Å². The van der Waals surface area contributed by atoms with Gasteiger partial charge in [0.2, 0.25) is 0 Å². The van der Waals surface area contributed by atoms with Crippen LogP contribution in [0.3, 0.4) is 0 Å². The number of benzene rings is 2. The molecule has 0 radical (unpaired) electrons. The zero-order valence-electron chi connectivity index (χ0n) is 18.4. The summed E-state index contributed by atoms with van der Waals surface area (Å²) in [5.41, 5.74) is 4.10. The van der Waals surface area contributed by atoms with E-state index in [0.717, 1.165) is 39.5 Å². The van der Waals surface area contributed by atoms with Gasteiger partial charge in [-0.2, -0.15) is 0 Å². The number of rotatable bonds is 6. The molecule has 1 N–H and O–H groups in total. The van der Waals surface area contributed by atoms with Crippen molar-refractivity contribution < 1.29 is 45.6 Å². The van der Waals surface area contributed by atoms with Crippen LogP contribution in [-0.4, -0.2) is 22.2 Å². The average Bonchev–Trinajstić information content (AvgIpc) is 3.36. The number of ether oxygens (including phenoxy) is 1. The Kier molecular flexibility index (Phi) is 7.86. The molecule has 0 atom stereocenters. The summed E-state index contributed by atoms with van der Waals surface area (Å²) in [6.45, 7) is 2.76. The zero-order chi connectivity index (χ0) is 20.4. The molecule has 1 fully saturated rings. The molecule has 0 bridgehead atoms. The molecule has 1 aliphatic rings. The first kappa shape index (κ1) is 23.1. The van der Waals surface area contributed by atoms with Crippen molar-refractivity contribution in [2.75, 3.05) is 6.61 Å². The second-order valence-electron chi connectivity index (χ2n) is 7.65. The monoisotopic (exact) mass is 477 g/mol. The topological polar surface area (TPSA) is 51.5 Å². The summed E-state index contributed by atoms with van der Waals surface area (Å²) >= 11 is 3.59. The second kappa shape index (κ2) is 10.2. The van der Waals surface area contributed by atoms with Gasteiger partial charge in [0.1, 0.15) is 5.75 Å². The van der Waals surface area contributed by atoms with Crippen LogP contribution in [0.25, 0.3) is 16.9 Å². The third-order valence-electron chi connectivity index (χ3n) is 5.59. The molecule has 0 aliphatic heterocycles. The number of aromatic nitrogens is 1. The van der Waals surface area contributed by atoms with Gasteiger partial charge in [0.15, 0.2) is 0 Å². The van der Waals surface area contributed by atoms with Gasteiger partial charge < -0.3 is 15.8 Å². The smallest absolute Gasteiger partial charge is 1.00 e. The van der Waals surface area contributed by atoms with E-state index in [1.54, 1.807) is 18.2 Å². The van der Waals surface area contributed by atoms with Crippen LogP contribution >= 0.6 is 15.9 Å². The number of carboxylic acids is 1. The maximum Gasteiger partial charge on any atom is 1.00 e. The molecule has 0 unspecified atom stereocenters. The van der Waals surface area contributed by atoms with Gasteiger partial charge in [-0.05, 0) is 74.2 Å². The van der Waals surface area contributed by atoms with E-state index in [2.05, 4.69) is 32.6 Å². The van der Waals surface area contributed by atoms with Gasteiger partial charge in [-0.1, -0.05) is 34.8 Å². The van der Waals surface area contributed by atoms with Crippen molar-refractivity contribution in [3.63, 3.8) is 0 Å². The Balaban J connectivity index is 0.00000171. The van der Waals surface area contributed by atoms with E-state index in [9.17, 15) is 9.90 Å². The molecule has 6 heteroatoms. The summed E-state index contributed by atoms with van der Waals surface area (Å²) in [4.78, 5) is 11.4. The van der Waals surface area contributed by atoms with Gasteiger partial charge in [0.05, 0.1) is 17.9 Å². The Hall–Kier alpha value is -1.53. The Morgan fingerprint density at radius 1 is 1.17 bits per heavy atom. The van der Waals surface area contributed by atoms with Crippen molar-refractivity contribution in [2.45, 2.75) is 32.6 Å². The van der Waals surface area contributed by atoms with Gasteiger partial charge in [0, 0.05) is 21.4 Å². The van der Waals surface area contributed by atoms with Gasteiger partial charge in [-0.15, -0.1) is 0 Å². The van der Waals surface area contributed by atoms with E-state index < -0.39 is 5.97 Å². The maximum atomic E-state index is 11.4. The van der Waals surface area contributed by atoms with Crippen LogP contribution in [0.5, 0.6) is 5.75 Å². The summed E-state index contributed by atoms with van der Waals surface area (Å²) in [6, 6.07) is 17.2. The predicted octanol–water partition coefficient (Wildman–Crippen LogP) is 3.60. The molecule has 1 heterocycles. The molecule has 4 rings (SSSR count). The summed E-state index contributed by atoms with van der Waals surface area (Å²) in [7, 11) is 0. The summed E-state index contributed by atoms with van der Waals surface area (Å²) in [5, 5.41) is 9.38. The number of aromatic carboxylic acids is 1. The number of hydrogen-bond donors (Lipinski definition) is 1. The van der Waals surface area contributed by atoms with Crippen LogP contribution in [0.1, 0.15) is 43.2 Å². The minimum Gasteiger partial charge on any atom is -1.00 e. The van der Waals surface area contributed by atoms with E-state index in [0.29, 0.717) is 5.92 Å². The molecule has 4 nitrogen and oxygen atoms in total. The molecular weight excluding hydrogens is 453 g/mol. The Morgan fingerprint density at radius 3 is 2.67 bits per heavy atom. The number of carboxylic acid groups (broad SMARTS) is 1. The Bertz CT molecular complexity index is 1050. The molecule has 30 heavy (non-hydrogen) atoms. The molecule has 3 aromatic rings. The number of hydrogen-bond acceptors (Lipinski definition) is 2. The number of nitrogens with zero attached hydrogens (tertiary/aromatic N) is 1. The standard InChI is InChI=1S/C24H24BrNO3.Na.H/c1-16-9-11-22(26(16)20-8-4-7-18(13-20)24(27)28)21-14-19(25)10-12-23(21)29-15-17-5-2-3-6-17;;/h4,7-14,17H,2-3,5-6,15H2,1H3,(H,27,28);;/q;+1;-1. The molecule has 1 saturated carbocycles. The van der Waals surface area contributed by atoms with Crippen LogP contribution in [0, 0.1) is 12.8 Å². The molecule has 0 amide bonds. The fourth-order valence-corrected chi connectivity index (χ4v) is 4.44. The SMILES string of the molecule is Cc1ccc(-c2cc(Br)ccc2OCC2CCCC2)n1-c1cccc(C(=O)O)c1.[H-].[Na+]. The van der Waals surface area contributed by atoms with E-state index in [4.69, 9.17) is 4.74 Å². The van der Waals surface area contributed by atoms with Gasteiger partial charge in [-0.3, -0.25) is 0 Å². The second-order valence-corrected chi connectivity index (χ2v) is 8.57. The number of carbonyl (C=O) groups is 1. The molecular formula is C24H25BrNNaO3. The fraction of sp³-hybridized carbons (Fsp3) is 0.292. The van der Waals surface area contributed by atoms with Crippen molar-refractivity contribution in [3.8, 4) is 22.7 Å². The van der Waals surface area contributed by atoms with E-state index in [1.165, 1.54) is 25.7 Å². The van der Waals surface area contributed by atoms with Crippen molar-refractivity contribution in [1.29, 1.82) is 0 Å². The first-order valence-electron chi connectivity index (χ1n) is 9.98. The summed E-state index contributed by atoms with van der Waals surface area (Å²) < 4.78 is 9.32. The van der Waals surface area contributed by atoms with E-state index in [-0.39, 0.29) is 36.5 Å². The van der Waals surface area contributed by atoms with Crippen LogP contribution in [0.4, 0.5) is 0 Å². The first-order chi connectivity index (χ1) is 14.0. The van der Waals surface area contributed by atoms with E-state index >= 15 is 0 Å². The third kappa shape index (κ3) is 5.02. The van der Waals surface area contributed by atoms with Gasteiger partial charge in [-0.25, -0.2) is 4.79 Å². The minimum atomic E-state index is -0.929. The third-order valence-corrected chi connectivity index (χ3v) is 6.09. The van der Waals surface area contributed by atoms with Crippen molar-refractivity contribution in [2.24, 2.45) is 5.92 Å². The van der Waals surface area contributed by atoms with Crippen LogP contribution in [-0.2, 0) is 0 Å².